The lowest BCUT2D eigenvalue weighted by molar-refractivity contribution is 0.0526. The van der Waals surface area contributed by atoms with Crippen molar-refractivity contribution < 1.29 is 18.9 Å². The van der Waals surface area contributed by atoms with Crippen molar-refractivity contribution in [2.75, 3.05) is 6.61 Å². The van der Waals surface area contributed by atoms with E-state index in [-0.39, 0.29) is 5.78 Å². The number of hydrogen-bond acceptors (Lipinski definition) is 4. The smallest absolute Gasteiger partial charge is 0.338 e. The van der Waals surface area contributed by atoms with E-state index in [2.05, 4.69) is 0 Å². The molecule has 2 aromatic rings. The van der Waals surface area contributed by atoms with Gasteiger partial charge in [0.25, 0.3) is 0 Å². The SMILES string of the molecule is CCOC(=O)c1ccc(C(=O)c2ccc3c4c2P34=O)cc1. The van der Waals surface area contributed by atoms with Crippen LogP contribution in [0.2, 0.25) is 0 Å². The van der Waals surface area contributed by atoms with E-state index in [1.807, 2.05) is 0 Å². The monoisotopic (exact) mass is 298 g/mol. The third-order valence-corrected chi connectivity index (χ3v) is 6.69. The van der Waals surface area contributed by atoms with E-state index in [9.17, 15) is 14.2 Å². The van der Waals surface area contributed by atoms with Crippen molar-refractivity contribution in [2.45, 2.75) is 6.92 Å². The van der Waals surface area contributed by atoms with E-state index in [1.165, 1.54) is 0 Å². The molecule has 1 atom stereocenters. The summed E-state index contributed by atoms with van der Waals surface area (Å²) >= 11 is 0. The highest BCUT2D eigenvalue weighted by atomic mass is 31.2. The fraction of sp³-hybridized carbons (Fsp3) is 0.125. The lowest BCUT2D eigenvalue weighted by Gasteiger charge is -2.05. The molecule has 21 heavy (non-hydrogen) atoms. The van der Waals surface area contributed by atoms with Crippen molar-refractivity contribution in [1.82, 2.24) is 0 Å². The largest absolute Gasteiger partial charge is 0.462 e. The van der Waals surface area contributed by atoms with E-state index in [0.717, 1.165) is 15.9 Å². The van der Waals surface area contributed by atoms with Gasteiger partial charge in [-0.25, -0.2) is 4.79 Å². The Morgan fingerprint density at radius 1 is 1.00 bits per heavy atom. The van der Waals surface area contributed by atoms with Crippen LogP contribution in [0.25, 0.3) is 0 Å². The molecule has 0 fully saturated rings. The molecule has 3 heterocycles. The van der Waals surface area contributed by atoms with Crippen molar-refractivity contribution in [3.05, 3.63) is 53.1 Å². The van der Waals surface area contributed by atoms with E-state index < -0.39 is 13.1 Å². The molecule has 0 saturated carbocycles. The molecule has 0 spiro atoms. The van der Waals surface area contributed by atoms with Gasteiger partial charge in [-0.3, -0.25) is 4.79 Å². The summed E-state index contributed by atoms with van der Waals surface area (Å²) in [6.07, 6.45) is 0. The van der Waals surface area contributed by atoms with Crippen molar-refractivity contribution in [3.63, 3.8) is 0 Å². The maximum atomic E-state index is 12.4. The van der Waals surface area contributed by atoms with Gasteiger partial charge in [-0.1, -0.05) is 12.1 Å². The van der Waals surface area contributed by atoms with Crippen molar-refractivity contribution in [3.8, 4) is 0 Å². The molecular formula is C16H11O4P. The molecule has 104 valence electrons. The third-order valence-electron chi connectivity index (χ3n) is 3.90. The van der Waals surface area contributed by atoms with Gasteiger partial charge in [0.1, 0.15) is 0 Å². The Kier molecular flexibility index (Phi) is 2.34. The summed E-state index contributed by atoms with van der Waals surface area (Å²) in [5.41, 5.74) is 1.43. The van der Waals surface area contributed by atoms with Gasteiger partial charge in [0, 0.05) is 27.0 Å². The fourth-order valence-corrected chi connectivity index (χ4v) is 5.50. The topological polar surface area (TPSA) is 60.4 Å². The van der Waals surface area contributed by atoms with Crippen molar-refractivity contribution >= 4 is 34.8 Å². The molecule has 0 aliphatic carbocycles. The zero-order valence-corrected chi connectivity index (χ0v) is 12.1. The summed E-state index contributed by atoms with van der Waals surface area (Å²) in [7, 11) is -2.27. The minimum atomic E-state index is -2.27. The number of esters is 1. The molecule has 0 N–H and O–H groups in total. The highest BCUT2D eigenvalue weighted by molar-refractivity contribution is 8.06. The van der Waals surface area contributed by atoms with Gasteiger partial charge in [0.15, 0.2) is 12.9 Å². The first kappa shape index (κ1) is 12.5. The first-order chi connectivity index (χ1) is 10.1. The van der Waals surface area contributed by atoms with E-state index in [4.69, 9.17) is 4.74 Å². The Hall–Kier alpha value is -2.19. The number of hydrogen-bond donors (Lipinski definition) is 0. The first-order valence-electron chi connectivity index (χ1n) is 6.69. The number of ketones is 1. The van der Waals surface area contributed by atoms with Gasteiger partial charge in [-0.05, 0) is 31.2 Å². The summed E-state index contributed by atoms with van der Waals surface area (Å²) in [6, 6.07) is 9.86. The average Bonchev–Trinajstić information content (AvgIpc) is 3.35. The Morgan fingerprint density at radius 2 is 1.62 bits per heavy atom. The number of carbonyl (C=O) groups is 2. The van der Waals surface area contributed by atoms with Crippen LogP contribution in [0.3, 0.4) is 0 Å². The van der Waals surface area contributed by atoms with Crippen LogP contribution in [-0.2, 0) is 9.30 Å². The molecule has 1 unspecified atom stereocenters. The van der Waals surface area contributed by atoms with Crippen LogP contribution >= 0.6 is 7.14 Å². The predicted octanol–water partition coefficient (Wildman–Crippen LogP) is 1.36. The second-order valence-corrected chi connectivity index (χ2v) is 7.66. The second-order valence-electron chi connectivity index (χ2n) is 5.07. The highest BCUT2D eigenvalue weighted by Crippen LogP contribution is 2.67. The Labute approximate surface area is 121 Å². The summed E-state index contributed by atoms with van der Waals surface area (Å²) in [5, 5.41) is 2.61. The minimum absolute atomic E-state index is 0.148. The third kappa shape index (κ3) is 1.54. The average molecular weight is 298 g/mol. The Morgan fingerprint density at radius 3 is 2.19 bits per heavy atom. The molecule has 2 bridgehead atoms. The predicted molar refractivity (Wildman–Crippen MR) is 78.8 cm³/mol. The zero-order valence-electron chi connectivity index (χ0n) is 11.3. The van der Waals surface area contributed by atoms with E-state index >= 15 is 0 Å². The minimum Gasteiger partial charge on any atom is -0.462 e. The molecule has 0 aromatic heterocycles. The van der Waals surface area contributed by atoms with Crippen LogP contribution in [0.15, 0.2) is 36.4 Å². The van der Waals surface area contributed by atoms with Crippen molar-refractivity contribution in [2.24, 2.45) is 0 Å². The van der Waals surface area contributed by atoms with E-state index in [1.54, 1.807) is 43.3 Å². The highest BCUT2D eigenvalue weighted by Gasteiger charge is 2.67. The maximum Gasteiger partial charge on any atom is 0.338 e. The normalized spacial score (nSPS) is 19.7. The number of ether oxygens (including phenoxy) is 1. The van der Waals surface area contributed by atoms with Crippen LogP contribution < -0.4 is 15.9 Å². The van der Waals surface area contributed by atoms with Crippen LogP contribution in [0.1, 0.15) is 33.2 Å². The number of fused-ring (bicyclic) bond motifs is 2. The number of carbonyl (C=O) groups excluding carboxylic acids is 2. The molecule has 2 aromatic carbocycles. The summed E-state index contributed by atoms with van der Waals surface area (Å²) < 4.78 is 17.0. The molecular weight excluding hydrogens is 287 g/mol. The molecule has 5 rings (SSSR count). The van der Waals surface area contributed by atoms with Crippen LogP contribution in [0, 0.1) is 0 Å². The van der Waals surface area contributed by atoms with Gasteiger partial charge in [0.05, 0.1) is 12.2 Å². The zero-order chi connectivity index (χ0) is 14.8. The quantitative estimate of drug-likeness (QED) is 0.324. The molecule has 4 nitrogen and oxygen atoms in total. The van der Waals surface area contributed by atoms with Crippen molar-refractivity contribution in [1.29, 1.82) is 0 Å². The maximum absolute atomic E-state index is 12.4. The molecule has 3 aliphatic heterocycles. The first-order valence-corrected chi connectivity index (χ1v) is 8.40. The molecule has 0 saturated heterocycles. The summed E-state index contributed by atoms with van der Waals surface area (Å²) in [6.45, 7) is 2.05. The lowest BCUT2D eigenvalue weighted by atomic mass is 10.0. The molecule has 0 amide bonds. The molecule has 3 aliphatic rings. The summed E-state index contributed by atoms with van der Waals surface area (Å²) in [5.74, 6) is -0.551. The second kappa shape index (κ2) is 3.92. The fourth-order valence-electron chi connectivity index (χ4n) is 2.70. The standard InChI is InChI=1S/C16H11O4P/c1-2-20-16(18)10-5-3-9(4-6-10)13(17)11-7-8-12-15-14(11)21(12,15)19/h3-8H,2H2,1H3. The molecule has 0 radical (unpaired) electrons. The van der Waals surface area contributed by atoms with Gasteiger partial charge in [-0.2, -0.15) is 0 Å². The van der Waals surface area contributed by atoms with Crippen LogP contribution in [0.5, 0.6) is 0 Å². The Balaban J connectivity index is 1.62. The lowest BCUT2D eigenvalue weighted by Crippen LogP contribution is -2.18. The van der Waals surface area contributed by atoms with Gasteiger partial charge >= 0.3 is 5.97 Å². The van der Waals surface area contributed by atoms with Gasteiger partial charge < -0.3 is 9.30 Å². The van der Waals surface area contributed by atoms with E-state index in [0.29, 0.717) is 23.3 Å². The number of benzene rings is 2. The summed E-state index contributed by atoms with van der Waals surface area (Å²) in [4.78, 5) is 24.0. The van der Waals surface area contributed by atoms with Gasteiger partial charge in [0.2, 0.25) is 0 Å². The van der Waals surface area contributed by atoms with Gasteiger partial charge in [-0.15, -0.1) is 0 Å². The number of rotatable bonds is 4. The van der Waals surface area contributed by atoms with Crippen LogP contribution in [0.4, 0.5) is 0 Å². The molecule has 5 heteroatoms. The van der Waals surface area contributed by atoms with Crippen LogP contribution in [-0.4, -0.2) is 18.4 Å². The Bertz CT molecular complexity index is 865.